The fraction of sp³-hybridized carbons (Fsp3) is 0.900. The van der Waals surface area contributed by atoms with E-state index >= 15 is 0 Å². The van der Waals surface area contributed by atoms with E-state index < -0.39 is 5.97 Å². The van der Waals surface area contributed by atoms with Crippen molar-refractivity contribution in [2.45, 2.75) is 58.6 Å². The maximum absolute atomic E-state index is 9.45. The molecule has 0 aromatic heterocycles. The Labute approximate surface area is 86.1 Å². The number of carboxylic acid groups (broad SMARTS) is 1. The molecule has 14 heavy (non-hydrogen) atoms. The van der Waals surface area contributed by atoms with Gasteiger partial charge in [0.2, 0.25) is 0 Å². The molecule has 1 atom stereocenters. The molecule has 0 aliphatic heterocycles. The molecule has 4 heteroatoms. The highest BCUT2D eigenvalue weighted by Crippen LogP contribution is 2.18. The van der Waals surface area contributed by atoms with Crippen LogP contribution in [0.25, 0.3) is 0 Å². The van der Waals surface area contributed by atoms with Gasteiger partial charge in [-0.1, -0.05) is 20.8 Å². The molecule has 0 aromatic rings. The first kappa shape index (κ1) is 15.8. The summed E-state index contributed by atoms with van der Waals surface area (Å²) in [5, 5.41) is 16.9. The Morgan fingerprint density at radius 3 is 1.71 bits per heavy atom. The first-order chi connectivity index (χ1) is 6.33. The van der Waals surface area contributed by atoms with Crippen LogP contribution < -0.4 is 5.73 Å². The second-order valence-corrected chi connectivity index (χ2v) is 3.38. The highest BCUT2D eigenvalue weighted by molar-refractivity contribution is 5.62. The maximum atomic E-state index is 9.45. The van der Waals surface area contributed by atoms with Crippen LogP contribution in [-0.4, -0.2) is 27.8 Å². The SMILES string of the molecule is CC(=O)O.CCC(O)C(N)(CC)CC. The number of aliphatic hydroxyl groups excluding tert-OH is 1. The van der Waals surface area contributed by atoms with E-state index in [1.165, 1.54) is 0 Å². The molecule has 0 rings (SSSR count). The third-order valence-electron chi connectivity index (χ3n) is 2.37. The Kier molecular flexibility index (Phi) is 8.79. The van der Waals surface area contributed by atoms with Gasteiger partial charge in [0, 0.05) is 12.5 Å². The number of aliphatic hydroxyl groups is 1. The van der Waals surface area contributed by atoms with Crippen molar-refractivity contribution in [3.8, 4) is 0 Å². The number of rotatable bonds is 4. The molecule has 1 unspecified atom stereocenters. The van der Waals surface area contributed by atoms with Crippen molar-refractivity contribution in [2.75, 3.05) is 0 Å². The molecule has 4 nitrogen and oxygen atoms in total. The zero-order valence-corrected chi connectivity index (χ0v) is 9.58. The molecule has 86 valence electrons. The second kappa shape index (κ2) is 7.76. The monoisotopic (exact) mass is 205 g/mol. The van der Waals surface area contributed by atoms with Crippen LogP contribution in [0.5, 0.6) is 0 Å². The summed E-state index contributed by atoms with van der Waals surface area (Å²) in [5.41, 5.74) is 5.55. The normalized spacial score (nSPS) is 12.7. The molecule has 0 saturated heterocycles. The summed E-state index contributed by atoms with van der Waals surface area (Å²) in [6, 6.07) is 0. The zero-order chi connectivity index (χ0) is 11.8. The van der Waals surface area contributed by atoms with E-state index in [0.29, 0.717) is 0 Å². The quantitative estimate of drug-likeness (QED) is 0.647. The minimum absolute atomic E-state index is 0.345. The van der Waals surface area contributed by atoms with Gasteiger partial charge in [0.05, 0.1) is 6.10 Å². The van der Waals surface area contributed by atoms with Crippen molar-refractivity contribution in [3.05, 3.63) is 0 Å². The Morgan fingerprint density at radius 2 is 1.64 bits per heavy atom. The number of hydrogen-bond acceptors (Lipinski definition) is 3. The van der Waals surface area contributed by atoms with E-state index in [1.54, 1.807) is 0 Å². The van der Waals surface area contributed by atoms with E-state index in [-0.39, 0.29) is 11.6 Å². The molecule has 0 amide bonds. The Balaban J connectivity index is 0. The summed E-state index contributed by atoms with van der Waals surface area (Å²) in [6.45, 7) is 7.07. The van der Waals surface area contributed by atoms with Gasteiger partial charge in [-0.05, 0) is 19.3 Å². The van der Waals surface area contributed by atoms with Crippen LogP contribution in [0.15, 0.2) is 0 Å². The average molecular weight is 205 g/mol. The number of carbonyl (C=O) groups is 1. The van der Waals surface area contributed by atoms with Gasteiger partial charge in [0.1, 0.15) is 0 Å². The summed E-state index contributed by atoms with van der Waals surface area (Å²) < 4.78 is 0. The number of aliphatic carboxylic acids is 1. The van der Waals surface area contributed by atoms with Crippen LogP contribution in [-0.2, 0) is 4.79 Å². The van der Waals surface area contributed by atoms with Crippen molar-refractivity contribution in [3.63, 3.8) is 0 Å². The van der Waals surface area contributed by atoms with Gasteiger partial charge in [-0.25, -0.2) is 0 Å². The minimum atomic E-state index is -0.833. The lowest BCUT2D eigenvalue weighted by Gasteiger charge is -2.31. The lowest BCUT2D eigenvalue weighted by atomic mass is 9.86. The lowest BCUT2D eigenvalue weighted by molar-refractivity contribution is -0.134. The van der Waals surface area contributed by atoms with E-state index in [9.17, 15) is 5.11 Å². The molecule has 4 N–H and O–H groups in total. The molecule has 0 aliphatic carbocycles. The molecular weight excluding hydrogens is 182 g/mol. The van der Waals surface area contributed by atoms with Crippen LogP contribution in [0.2, 0.25) is 0 Å². The topological polar surface area (TPSA) is 83.5 Å². The van der Waals surface area contributed by atoms with Crippen LogP contribution in [0, 0.1) is 0 Å². The predicted octanol–water partition coefficient (Wildman–Crippen LogP) is 1.37. The Morgan fingerprint density at radius 1 is 1.36 bits per heavy atom. The van der Waals surface area contributed by atoms with Crippen LogP contribution in [0.1, 0.15) is 47.0 Å². The largest absolute Gasteiger partial charge is 0.481 e. The van der Waals surface area contributed by atoms with Crippen molar-refractivity contribution < 1.29 is 15.0 Å². The van der Waals surface area contributed by atoms with Gasteiger partial charge in [0.15, 0.2) is 0 Å². The van der Waals surface area contributed by atoms with Gasteiger partial charge < -0.3 is 15.9 Å². The molecular formula is C10H23NO3. The molecule has 0 saturated carbocycles. The van der Waals surface area contributed by atoms with Crippen molar-refractivity contribution in [2.24, 2.45) is 5.73 Å². The third kappa shape index (κ3) is 6.86. The van der Waals surface area contributed by atoms with Crippen LogP contribution >= 0.6 is 0 Å². The van der Waals surface area contributed by atoms with Gasteiger partial charge in [-0.3, -0.25) is 4.79 Å². The molecule has 0 fully saturated rings. The second-order valence-electron chi connectivity index (χ2n) is 3.38. The minimum Gasteiger partial charge on any atom is -0.481 e. The average Bonchev–Trinajstić information content (AvgIpc) is 2.14. The zero-order valence-electron chi connectivity index (χ0n) is 9.58. The van der Waals surface area contributed by atoms with Gasteiger partial charge in [0.25, 0.3) is 5.97 Å². The highest BCUT2D eigenvalue weighted by Gasteiger charge is 2.27. The lowest BCUT2D eigenvalue weighted by Crippen LogP contribution is -2.49. The Hall–Kier alpha value is -0.610. The van der Waals surface area contributed by atoms with E-state index in [2.05, 4.69) is 0 Å². The van der Waals surface area contributed by atoms with Crippen molar-refractivity contribution in [1.82, 2.24) is 0 Å². The molecule has 0 aliphatic rings. The summed E-state index contributed by atoms with van der Waals surface area (Å²) in [7, 11) is 0. The smallest absolute Gasteiger partial charge is 0.300 e. The highest BCUT2D eigenvalue weighted by atomic mass is 16.4. The third-order valence-corrected chi connectivity index (χ3v) is 2.37. The molecule has 0 heterocycles. The van der Waals surface area contributed by atoms with E-state index in [4.69, 9.17) is 15.6 Å². The Bertz CT molecular complexity index is 151. The molecule has 0 radical (unpaired) electrons. The molecule has 0 spiro atoms. The van der Waals surface area contributed by atoms with Gasteiger partial charge in [-0.15, -0.1) is 0 Å². The number of nitrogens with two attached hydrogens (primary N) is 1. The fourth-order valence-electron chi connectivity index (χ4n) is 1.13. The van der Waals surface area contributed by atoms with Gasteiger partial charge in [-0.2, -0.15) is 0 Å². The first-order valence-corrected chi connectivity index (χ1v) is 5.00. The van der Waals surface area contributed by atoms with E-state index in [0.717, 1.165) is 26.2 Å². The summed E-state index contributed by atoms with van der Waals surface area (Å²) in [6.07, 6.45) is 2.09. The van der Waals surface area contributed by atoms with Crippen molar-refractivity contribution in [1.29, 1.82) is 0 Å². The molecule has 0 aromatic carbocycles. The standard InChI is InChI=1S/C8H19NO.C2H4O2/c1-4-7(10)8(9,5-2)6-3;1-2(3)4/h7,10H,4-6,9H2,1-3H3;1H3,(H,3,4). The summed E-state index contributed by atoms with van der Waals surface area (Å²) in [5.74, 6) is -0.833. The summed E-state index contributed by atoms with van der Waals surface area (Å²) in [4.78, 5) is 9.00. The maximum Gasteiger partial charge on any atom is 0.300 e. The predicted molar refractivity (Wildman–Crippen MR) is 57.1 cm³/mol. The first-order valence-electron chi connectivity index (χ1n) is 5.00. The fourth-order valence-corrected chi connectivity index (χ4v) is 1.13. The van der Waals surface area contributed by atoms with Crippen LogP contribution in [0.4, 0.5) is 0 Å². The number of hydrogen-bond donors (Lipinski definition) is 3. The van der Waals surface area contributed by atoms with Crippen LogP contribution in [0.3, 0.4) is 0 Å². The molecule has 0 bridgehead atoms. The van der Waals surface area contributed by atoms with Crippen molar-refractivity contribution >= 4 is 5.97 Å². The summed E-state index contributed by atoms with van der Waals surface area (Å²) >= 11 is 0. The van der Waals surface area contributed by atoms with E-state index in [1.807, 2.05) is 20.8 Å². The van der Waals surface area contributed by atoms with Gasteiger partial charge >= 0.3 is 0 Å². The number of carboxylic acids is 1.